The number of hydrogen-bond donors (Lipinski definition) is 0. The van der Waals surface area contributed by atoms with Crippen LogP contribution < -0.4 is 4.74 Å². The number of carbonyl (C=O) groups is 1. The molecule has 1 heterocycles. The molecule has 7 heteroatoms. The van der Waals surface area contributed by atoms with Crippen LogP contribution in [-0.2, 0) is 17.6 Å². The number of methoxy groups -OCH3 is 1. The van der Waals surface area contributed by atoms with E-state index in [1.807, 2.05) is 49.4 Å². The molecule has 0 N–H and O–H groups in total. The monoisotopic (exact) mass is 413 g/mol. The van der Waals surface area contributed by atoms with Crippen LogP contribution in [0.1, 0.15) is 35.1 Å². The van der Waals surface area contributed by atoms with Gasteiger partial charge in [-0.25, -0.2) is 0 Å². The van der Waals surface area contributed by atoms with Gasteiger partial charge >= 0.3 is 12.1 Å². The second-order valence-electron chi connectivity index (χ2n) is 6.93. The maximum atomic E-state index is 12.8. The summed E-state index contributed by atoms with van der Waals surface area (Å²) in [5.74, 6) is -1.23. The van der Waals surface area contributed by atoms with Crippen molar-refractivity contribution >= 4 is 18.3 Å². The number of ether oxygens (including phenoxy) is 1. The molecule has 28 heavy (non-hydrogen) atoms. The molecule has 1 unspecified atom stereocenters. The normalized spacial score (nSPS) is 16.6. The van der Waals surface area contributed by atoms with Gasteiger partial charge in [0, 0.05) is 19.5 Å². The molecular formula is C21H23ClF3NO2. The van der Waals surface area contributed by atoms with Crippen LogP contribution in [0.4, 0.5) is 13.2 Å². The van der Waals surface area contributed by atoms with Crippen LogP contribution in [0.25, 0.3) is 0 Å². The maximum Gasteiger partial charge on any atom is 0.471 e. The van der Waals surface area contributed by atoms with Gasteiger partial charge in [0.15, 0.2) is 0 Å². The number of hydrogen-bond acceptors (Lipinski definition) is 2. The molecule has 1 aliphatic heterocycles. The van der Waals surface area contributed by atoms with Crippen LogP contribution in [0, 0.1) is 0 Å². The van der Waals surface area contributed by atoms with E-state index in [4.69, 9.17) is 4.74 Å². The summed E-state index contributed by atoms with van der Waals surface area (Å²) in [6.45, 7) is 1.97. The Balaban J connectivity index is 0.00000280. The van der Waals surface area contributed by atoms with Gasteiger partial charge in [0.05, 0.1) is 7.11 Å². The third kappa shape index (κ3) is 4.79. The smallest absolute Gasteiger partial charge is 0.471 e. The third-order valence-electron chi connectivity index (χ3n) is 4.99. The molecule has 0 aliphatic carbocycles. The molecular weight excluding hydrogens is 391 g/mol. The second kappa shape index (κ2) is 8.86. The van der Waals surface area contributed by atoms with E-state index in [9.17, 15) is 18.0 Å². The minimum Gasteiger partial charge on any atom is -0.496 e. The van der Waals surface area contributed by atoms with Crippen molar-refractivity contribution in [3.8, 4) is 5.75 Å². The first-order valence-electron chi connectivity index (χ1n) is 8.89. The number of fused-ring (bicyclic) bond motifs is 1. The van der Waals surface area contributed by atoms with Crippen molar-refractivity contribution in [3.05, 3.63) is 64.7 Å². The van der Waals surface area contributed by atoms with Crippen molar-refractivity contribution in [3.63, 3.8) is 0 Å². The van der Waals surface area contributed by atoms with Crippen LogP contribution in [0.15, 0.2) is 42.5 Å². The summed E-state index contributed by atoms with van der Waals surface area (Å²) in [4.78, 5) is 12.6. The molecule has 3 rings (SSSR count). The van der Waals surface area contributed by atoms with Crippen molar-refractivity contribution in [2.24, 2.45) is 0 Å². The largest absolute Gasteiger partial charge is 0.496 e. The lowest BCUT2D eigenvalue weighted by Gasteiger charge is -2.24. The highest BCUT2D eigenvalue weighted by molar-refractivity contribution is 5.85. The Morgan fingerprint density at radius 1 is 1.21 bits per heavy atom. The standard InChI is InChI=1S/C21H22F3NO2.ClH/c1-14-13-25(20(26)21(22,23)24)9-8-16-12-19(27-2)17(11-18(14)16)10-15-6-4-3-5-7-15;/h3-7,11-12,14H,8-10,13H2,1-2H3;1H. The lowest BCUT2D eigenvalue weighted by molar-refractivity contribution is -0.185. The van der Waals surface area contributed by atoms with Crippen LogP contribution in [0.2, 0.25) is 0 Å². The Kier molecular flexibility index (Phi) is 6.99. The highest BCUT2D eigenvalue weighted by Gasteiger charge is 2.43. The number of alkyl halides is 3. The van der Waals surface area contributed by atoms with Crippen LogP contribution >= 0.6 is 12.4 Å². The molecule has 1 amide bonds. The van der Waals surface area contributed by atoms with Crippen molar-refractivity contribution < 1.29 is 22.7 Å². The molecule has 3 nitrogen and oxygen atoms in total. The fourth-order valence-corrected chi connectivity index (χ4v) is 3.64. The summed E-state index contributed by atoms with van der Waals surface area (Å²) >= 11 is 0. The first-order valence-corrected chi connectivity index (χ1v) is 8.89. The topological polar surface area (TPSA) is 29.5 Å². The summed E-state index contributed by atoms with van der Waals surface area (Å²) in [6, 6.07) is 13.9. The average Bonchev–Trinajstić information content (AvgIpc) is 2.79. The average molecular weight is 414 g/mol. The van der Waals surface area contributed by atoms with Crippen LogP contribution in [0.5, 0.6) is 5.75 Å². The SMILES string of the molecule is COc1cc2c(cc1Cc1ccccc1)C(C)CN(C(=O)C(F)(F)F)CC2.Cl. The Morgan fingerprint density at radius 3 is 2.50 bits per heavy atom. The van der Waals surface area contributed by atoms with Crippen molar-refractivity contribution in [1.29, 1.82) is 0 Å². The molecule has 0 radical (unpaired) electrons. The highest BCUT2D eigenvalue weighted by atomic mass is 35.5. The Morgan fingerprint density at radius 2 is 1.89 bits per heavy atom. The number of amides is 1. The fourth-order valence-electron chi connectivity index (χ4n) is 3.64. The summed E-state index contributed by atoms with van der Waals surface area (Å²) < 4.78 is 44.0. The number of nitrogens with zero attached hydrogens (tertiary/aromatic N) is 1. The summed E-state index contributed by atoms with van der Waals surface area (Å²) in [6.07, 6.45) is -3.79. The number of carbonyl (C=O) groups excluding carboxylic acids is 1. The molecule has 0 spiro atoms. The van der Waals surface area contributed by atoms with Gasteiger partial charge in [-0.1, -0.05) is 43.3 Å². The third-order valence-corrected chi connectivity index (χ3v) is 4.99. The molecule has 1 aliphatic rings. The first-order chi connectivity index (χ1) is 12.8. The Bertz CT molecular complexity index is 824. The van der Waals surface area contributed by atoms with E-state index in [1.165, 1.54) is 0 Å². The minimum atomic E-state index is -4.84. The van der Waals surface area contributed by atoms with E-state index >= 15 is 0 Å². The predicted octanol–water partition coefficient (Wildman–Crippen LogP) is 4.76. The first kappa shape index (κ1) is 22.1. The van der Waals surface area contributed by atoms with Crippen molar-refractivity contribution in [2.75, 3.05) is 20.2 Å². The van der Waals surface area contributed by atoms with Crippen molar-refractivity contribution in [2.45, 2.75) is 31.9 Å². The number of rotatable bonds is 3. The second-order valence-corrected chi connectivity index (χ2v) is 6.93. The van der Waals surface area contributed by atoms with Crippen LogP contribution in [0.3, 0.4) is 0 Å². The minimum absolute atomic E-state index is 0. The molecule has 0 saturated carbocycles. The van der Waals surface area contributed by atoms with E-state index in [1.54, 1.807) is 7.11 Å². The van der Waals surface area contributed by atoms with Gasteiger partial charge in [-0.15, -0.1) is 12.4 Å². The van der Waals surface area contributed by atoms with E-state index in [0.29, 0.717) is 12.8 Å². The van der Waals surface area contributed by atoms with E-state index in [0.717, 1.165) is 32.9 Å². The Hall–Kier alpha value is -2.21. The summed E-state index contributed by atoms with van der Waals surface area (Å²) in [5, 5.41) is 0. The predicted molar refractivity (Wildman–Crippen MR) is 104 cm³/mol. The Labute approximate surface area is 168 Å². The van der Waals surface area contributed by atoms with Crippen molar-refractivity contribution in [1.82, 2.24) is 4.90 Å². The zero-order chi connectivity index (χ0) is 19.6. The summed E-state index contributed by atoms with van der Waals surface area (Å²) in [7, 11) is 1.59. The molecule has 1 atom stereocenters. The molecule has 0 bridgehead atoms. The molecule has 2 aromatic rings. The zero-order valence-electron chi connectivity index (χ0n) is 15.8. The lowest BCUT2D eigenvalue weighted by atomic mass is 9.91. The van der Waals surface area contributed by atoms with E-state index < -0.39 is 12.1 Å². The number of benzene rings is 2. The molecule has 152 valence electrons. The number of halogens is 4. The zero-order valence-corrected chi connectivity index (χ0v) is 16.6. The molecule has 2 aromatic carbocycles. The summed E-state index contributed by atoms with van der Waals surface area (Å²) in [5.41, 5.74) is 4.05. The molecule has 0 fully saturated rings. The van der Waals surface area contributed by atoms with Crippen LogP contribution in [-0.4, -0.2) is 37.2 Å². The van der Waals surface area contributed by atoms with E-state index in [2.05, 4.69) is 0 Å². The van der Waals surface area contributed by atoms with Gasteiger partial charge in [-0.05, 0) is 40.7 Å². The van der Waals surface area contributed by atoms with Gasteiger partial charge in [0.25, 0.3) is 0 Å². The maximum absolute atomic E-state index is 12.8. The highest BCUT2D eigenvalue weighted by Crippen LogP contribution is 2.33. The molecule has 0 aromatic heterocycles. The van der Waals surface area contributed by atoms with Gasteiger partial charge in [-0.2, -0.15) is 13.2 Å². The quantitative estimate of drug-likeness (QED) is 0.726. The lowest BCUT2D eigenvalue weighted by Crippen LogP contribution is -2.42. The van der Waals surface area contributed by atoms with Gasteiger partial charge in [0.1, 0.15) is 5.75 Å². The van der Waals surface area contributed by atoms with Gasteiger partial charge < -0.3 is 9.64 Å². The fraction of sp³-hybridized carbons (Fsp3) is 0.381. The van der Waals surface area contributed by atoms with E-state index in [-0.39, 0.29) is 31.4 Å². The van der Waals surface area contributed by atoms with Gasteiger partial charge in [-0.3, -0.25) is 4.79 Å². The molecule has 0 saturated heterocycles. The van der Waals surface area contributed by atoms with Gasteiger partial charge in [0.2, 0.25) is 0 Å².